The number of aryl methyl sites for hydroxylation is 3. The van der Waals surface area contributed by atoms with Crippen molar-refractivity contribution in [3.8, 4) is 0 Å². The van der Waals surface area contributed by atoms with Crippen molar-refractivity contribution in [1.29, 1.82) is 0 Å². The lowest BCUT2D eigenvalue weighted by atomic mass is 10.1. The molecule has 1 unspecified atom stereocenters. The zero-order valence-corrected chi connectivity index (χ0v) is 21.2. The summed E-state index contributed by atoms with van der Waals surface area (Å²) >= 11 is 0. The van der Waals surface area contributed by atoms with Crippen molar-refractivity contribution in [3.63, 3.8) is 0 Å². The molecule has 33 heavy (non-hydrogen) atoms. The Hall–Kier alpha value is -2.87. The van der Waals surface area contributed by atoms with Gasteiger partial charge in [0.2, 0.25) is 21.8 Å². The summed E-state index contributed by atoms with van der Waals surface area (Å²) in [6.45, 7) is 9.64. The van der Waals surface area contributed by atoms with E-state index in [0.717, 1.165) is 32.8 Å². The predicted octanol–water partition coefficient (Wildman–Crippen LogP) is 3.32. The highest BCUT2D eigenvalue weighted by atomic mass is 32.2. The summed E-state index contributed by atoms with van der Waals surface area (Å²) in [4.78, 5) is 27.9. The number of likely N-dealkylation sites (N-methyl/N-ethyl adjacent to an activating group) is 1. The number of rotatable bonds is 10. The van der Waals surface area contributed by atoms with Crippen LogP contribution in [0.25, 0.3) is 0 Å². The largest absolute Gasteiger partial charge is 0.355 e. The molecular weight excluding hydrogens is 438 g/mol. The molecule has 2 amide bonds. The third-order valence-electron chi connectivity index (χ3n) is 5.47. The molecule has 2 rings (SSSR count). The fourth-order valence-electron chi connectivity index (χ4n) is 3.90. The normalized spacial score (nSPS) is 12.2. The number of hydrogen-bond acceptors (Lipinski definition) is 4. The molecule has 0 aliphatic rings. The number of anilines is 1. The van der Waals surface area contributed by atoms with Crippen LogP contribution in [-0.4, -0.2) is 50.5 Å². The Morgan fingerprint density at radius 2 is 1.67 bits per heavy atom. The summed E-state index contributed by atoms with van der Waals surface area (Å²) in [5.41, 5.74) is 4.13. The smallest absolute Gasteiger partial charge is 0.244 e. The second kappa shape index (κ2) is 11.3. The lowest BCUT2D eigenvalue weighted by molar-refractivity contribution is -0.140. The maximum absolute atomic E-state index is 13.6. The Balaban J connectivity index is 2.46. The summed E-state index contributed by atoms with van der Waals surface area (Å²) in [5, 5.41) is 2.79. The molecule has 2 aromatic rings. The van der Waals surface area contributed by atoms with Gasteiger partial charge in [0.1, 0.15) is 12.6 Å². The molecule has 1 atom stereocenters. The van der Waals surface area contributed by atoms with Crippen molar-refractivity contribution < 1.29 is 18.0 Å². The van der Waals surface area contributed by atoms with E-state index in [-0.39, 0.29) is 19.0 Å². The summed E-state index contributed by atoms with van der Waals surface area (Å²) in [6.07, 6.45) is 1.50. The molecule has 2 aromatic carbocycles. The maximum Gasteiger partial charge on any atom is 0.244 e. The average Bonchev–Trinajstić information content (AvgIpc) is 2.71. The number of carbonyl (C=O) groups is 2. The van der Waals surface area contributed by atoms with E-state index in [4.69, 9.17) is 0 Å². The molecule has 0 aliphatic heterocycles. The monoisotopic (exact) mass is 473 g/mol. The Kier molecular flexibility index (Phi) is 9.05. The van der Waals surface area contributed by atoms with Crippen molar-refractivity contribution in [3.05, 3.63) is 64.7 Å². The molecular formula is C25H35N3O4S. The van der Waals surface area contributed by atoms with E-state index in [0.29, 0.717) is 18.7 Å². The number of benzene rings is 2. The van der Waals surface area contributed by atoms with Gasteiger partial charge in [-0.1, -0.05) is 54.4 Å². The SMILES string of the molecule is CCNC(=O)C(CC)N(Cc1cccc(C)c1)C(=O)CN(c1ccc(C)cc1C)S(C)(=O)=O. The summed E-state index contributed by atoms with van der Waals surface area (Å²) < 4.78 is 26.5. The van der Waals surface area contributed by atoms with Crippen LogP contribution in [0.15, 0.2) is 42.5 Å². The molecule has 0 fully saturated rings. The van der Waals surface area contributed by atoms with Crippen molar-refractivity contribution in [2.45, 2.75) is 53.6 Å². The van der Waals surface area contributed by atoms with Crippen LogP contribution in [0.4, 0.5) is 5.69 Å². The van der Waals surface area contributed by atoms with E-state index in [2.05, 4.69) is 5.32 Å². The first-order valence-electron chi connectivity index (χ1n) is 11.2. The van der Waals surface area contributed by atoms with Crippen LogP contribution in [-0.2, 0) is 26.2 Å². The molecule has 0 aromatic heterocycles. The van der Waals surface area contributed by atoms with Gasteiger partial charge in [-0.3, -0.25) is 13.9 Å². The molecule has 1 N–H and O–H groups in total. The van der Waals surface area contributed by atoms with Gasteiger partial charge >= 0.3 is 0 Å². The van der Waals surface area contributed by atoms with Gasteiger partial charge < -0.3 is 10.2 Å². The molecule has 180 valence electrons. The Morgan fingerprint density at radius 3 is 2.21 bits per heavy atom. The minimum absolute atomic E-state index is 0.209. The third-order valence-corrected chi connectivity index (χ3v) is 6.60. The number of nitrogens with one attached hydrogen (secondary N) is 1. The first-order valence-corrected chi connectivity index (χ1v) is 13.0. The van der Waals surface area contributed by atoms with Crippen LogP contribution in [0.2, 0.25) is 0 Å². The summed E-state index contributed by atoms with van der Waals surface area (Å²) in [6, 6.07) is 12.4. The highest BCUT2D eigenvalue weighted by Crippen LogP contribution is 2.24. The molecule has 0 saturated carbocycles. The average molecular weight is 474 g/mol. The molecule has 8 heteroatoms. The van der Waals surface area contributed by atoms with Crippen LogP contribution in [0.1, 0.15) is 42.5 Å². The fourth-order valence-corrected chi connectivity index (χ4v) is 4.81. The lowest BCUT2D eigenvalue weighted by Gasteiger charge is -2.33. The van der Waals surface area contributed by atoms with Gasteiger partial charge in [0.15, 0.2) is 0 Å². The van der Waals surface area contributed by atoms with Crippen molar-refractivity contribution >= 4 is 27.5 Å². The first-order chi connectivity index (χ1) is 15.5. The van der Waals surface area contributed by atoms with Crippen molar-refractivity contribution in [2.24, 2.45) is 0 Å². The van der Waals surface area contributed by atoms with Gasteiger partial charge in [-0.15, -0.1) is 0 Å². The lowest BCUT2D eigenvalue weighted by Crippen LogP contribution is -2.52. The van der Waals surface area contributed by atoms with Gasteiger partial charge in [0.25, 0.3) is 0 Å². The minimum atomic E-state index is -3.74. The second-order valence-corrected chi connectivity index (χ2v) is 10.3. The zero-order valence-electron chi connectivity index (χ0n) is 20.4. The van der Waals surface area contributed by atoms with Crippen LogP contribution in [0.3, 0.4) is 0 Å². The minimum Gasteiger partial charge on any atom is -0.355 e. The molecule has 0 aliphatic carbocycles. The van der Waals surface area contributed by atoms with Crippen LogP contribution >= 0.6 is 0 Å². The van der Waals surface area contributed by atoms with Crippen LogP contribution < -0.4 is 9.62 Å². The Morgan fingerprint density at radius 1 is 1.00 bits per heavy atom. The number of hydrogen-bond donors (Lipinski definition) is 1. The zero-order chi connectivity index (χ0) is 24.8. The molecule has 0 heterocycles. The third kappa shape index (κ3) is 7.05. The van der Waals surface area contributed by atoms with E-state index in [1.165, 1.54) is 4.90 Å². The van der Waals surface area contributed by atoms with E-state index < -0.39 is 22.0 Å². The van der Waals surface area contributed by atoms with Gasteiger partial charge in [-0.05, 0) is 51.3 Å². The van der Waals surface area contributed by atoms with Crippen LogP contribution in [0, 0.1) is 20.8 Å². The van der Waals surface area contributed by atoms with Crippen molar-refractivity contribution in [1.82, 2.24) is 10.2 Å². The van der Waals surface area contributed by atoms with Gasteiger partial charge in [0.05, 0.1) is 11.9 Å². The van der Waals surface area contributed by atoms with Crippen molar-refractivity contribution in [2.75, 3.05) is 23.7 Å². The van der Waals surface area contributed by atoms with Gasteiger partial charge in [-0.25, -0.2) is 8.42 Å². The standard InChI is InChI=1S/C25H35N3O4S/c1-7-22(25(30)26-8-2)27(16-21-11-9-10-18(3)15-21)24(29)17-28(33(6,31)32)23-13-12-19(4)14-20(23)5/h9-15,22H,7-8,16-17H2,1-6H3,(H,26,30). The van der Waals surface area contributed by atoms with E-state index in [9.17, 15) is 18.0 Å². The first kappa shape index (κ1) is 26.4. The predicted molar refractivity (Wildman–Crippen MR) is 133 cm³/mol. The summed E-state index contributed by atoms with van der Waals surface area (Å²) in [7, 11) is -3.74. The van der Waals surface area contributed by atoms with Gasteiger partial charge in [0, 0.05) is 13.1 Å². The quantitative estimate of drug-likeness (QED) is 0.574. The van der Waals surface area contributed by atoms with E-state index in [1.54, 1.807) is 6.07 Å². The molecule has 7 nitrogen and oxygen atoms in total. The van der Waals surface area contributed by atoms with E-state index in [1.807, 2.05) is 71.0 Å². The molecule has 0 bridgehead atoms. The topological polar surface area (TPSA) is 86.8 Å². The second-order valence-electron chi connectivity index (χ2n) is 8.39. The highest BCUT2D eigenvalue weighted by molar-refractivity contribution is 7.92. The fraction of sp³-hybridized carbons (Fsp3) is 0.440. The van der Waals surface area contributed by atoms with Crippen LogP contribution in [0.5, 0.6) is 0 Å². The molecule has 0 radical (unpaired) electrons. The molecule has 0 saturated heterocycles. The van der Waals surface area contributed by atoms with E-state index >= 15 is 0 Å². The number of sulfonamides is 1. The highest BCUT2D eigenvalue weighted by Gasteiger charge is 2.31. The maximum atomic E-state index is 13.6. The Labute approximate surface area is 197 Å². The molecule has 0 spiro atoms. The van der Waals surface area contributed by atoms with Gasteiger partial charge in [-0.2, -0.15) is 0 Å². The number of carbonyl (C=O) groups excluding carboxylic acids is 2. The summed E-state index contributed by atoms with van der Waals surface area (Å²) in [5.74, 6) is -0.682. The Bertz CT molecular complexity index is 1100. The number of nitrogens with zero attached hydrogens (tertiary/aromatic N) is 2. The number of amides is 2.